The van der Waals surface area contributed by atoms with E-state index in [2.05, 4.69) is 0 Å². The van der Waals surface area contributed by atoms with E-state index < -0.39 is 5.97 Å². The highest BCUT2D eigenvalue weighted by atomic mass is 16.5. The average molecular weight is 234 g/mol. The second kappa shape index (κ2) is 3.93. The van der Waals surface area contributed by atoms with Gasteiger partial charge in [0.25, 0.3) is 0 Å². The first-order chi connectivity index (χ1) is 8.04. The summed E-state index contributed by atoms with van der Waals surface area (Å²) in [5.74, 6) is -1.10. The topological polar surface area (TPSA) is 76.7 Å². The number of carbonyl (C=O) groups is 1. The van der Waals surface area contributed by atoms with Crippen LogP contribution in [0.4, 0.5) is 0 Å². The van der Waals surface area contributed by atoms with Crippen molar-refractivity contribution in [3.63, 3.8) is 0 Å². The van der Waals surface area contributed by atoms with E-state index in [9.17, 15) is 9.59 Å². The second-order valence-corrected chi connectivity index (χ2v) is 3.55. The van der Waals surface area contributed by atoms with Crippen molar-refractivity contribution in [2.24, 2.45) is 0 Å². The number of hydrogen-bond donors (Lipinski definition) is 1. The number of ether oxygens (including phenoxy) is 1. The molecule has 0 amide bonds. The molecule has 2 rings (SSSR count). The van der Waals surface area contributed by atoms with Gasteiger partial charge in [-0.05, 0) is 19.1 Å². The summed E-state index contributed by atoms with van der Waals surface area (Å²) < 4.78 is 10.2. The van der Waals surface area contributed by atoms with Gasteiger partial charge in [-0.25, -0.2) is 4.79 Å². The standard InChI is InChI=1S/C12H10O5/c1-6-10(13)8-4-3-7(16-2)5-9(8)17-11(6)12(14)15/h3-5H,1-2H3,(H,14,15). The van der Waals surface area contributed by atoms with Crippen LogP contribution in [-0.4, -0.2) is 18.2 Å². The van der Waals surface area contributed by atoms with Crippen LogP contribution < -0.4 is 10.2 Å². The number of rotatable bonds is 2. The van der Waals surface area contributed by atoms with Gasteiger partial charge in [-0.15, -0.1) is 0 Å². The van der Waals surface area contributed by atoms with Gasteiger partial charge in [0.2, 0.25) is 5.76 Å². The van der Waals surface area contributed by atoms with Gasteiger partial charge in [-0.1, -0.05) is 0 Å². The lowest BCUT2D eigenvalue weighted by molar-refractivity contribution is 0.0661. The van der Waals surface area contributed by atoms with Crippen molar-refractivity contribution in [3.8, 4) is 5.75 Å². The molecule has 1 N–H and O–H groups in total. The Morgan fingerprint density at radius 2 is 2.12 bits per heavy atom. The Morgan fingerprint density at radius 3 is 2.71 bits per heavy atom. The van der Waals surface area contributed by atoms with Crippen molar-refractivity contribution in [1.29, 1.82) is 0 Å². The fourth-order valence-electron chi connectivity index (χ4n) is 1.60. The summed E-state index contributed by atoms with van der Waals surface area (Å²) in [5.41, 5.74) is -0.0428. The van der Waals surface area contributed by atoms with Gasteiger partial charge < -0.3 is 14.3 Å². The summed E-state index contributed by atoms with van der Waals surface area (Å²) >= 11 is 0. The largest absolute Gasteiger partial charge is 0.497 e. The highest BCUT2D eigenvalue weighted by molar-refractivity contribution is 5.89. The van der Waals surface area contributed by atoms with E-state index in [0.717, 1.165) is 0 Å². The van der Waals surface area contributed by atoms with E-state index in [1.807, 2.05) is 0 Å². The molecule has 0 atom stereocenters. The number of aromatic carboxylic acids is 1. The van der Waals surface area contributed by atoms with Crippen molar-refractivity contribution in [2.75, 3.05) is 7.11 Å². The van der Waals surface area contributed by atoms with E-state index in [1.165, 1.54) is 20.1 Å². The summed E-state index contributed by atoms with van der Waals surface area (Å²) in [7, 11) is 1.48. The highest BCUT2D eigenvalue weighted by Crippen LogP contribution is 2.20. The van der Waals surface area contributed by atoms with E-state index in [0.29, 0.717) is 11.1 Å². The molecule has 0 unspecified atom stereocenters. The molecule has 0 spiro atoms. The molecule has 0 bridgehead atoms. The summed E-state index contributed by atoms with van der Waals surface area (Å²) in [6.45, 7) is 1.43. The number of benzene rings is 1. The van der Waals surface area contributed by atoms with E-state index in [1.54, 1.807) is 12.1 Å². The van der Waals surface area contributed by atoms with Crippen molar-refractivity contribution in [3.05, 3.63) is 39.7 Å². The van der Waals surface area contributed by atoms with Crippen LogP contribution in [0.2, 0.25) is 0 Å². The number of hydrogen-bond acceptors (Lipinski definition) is 4. The Balaban J connectivity index is 2.86. The minimum atomic E-state index is -1.26. The Hall–Kier alpha value is -2.30. The molecular formula is C12H10O5. The summed E-state index contributed by atoms with van der Waals surface area (Å²) in [4.78, 5) is 22.8. The van der Waals surface area contributed by atoms with Gasteiger partial charge in [-0.3, -0.25) is 4.79 Å². The normalized spacial score (nSPS) is 10.5. The van der Waals surface area contributed by atoms with Gasteiger partial charge in [0.1, 0.15) is 11.3 Å². The molecule has 0 fully saturated rings. The maximum absolute atomic E-state index is 11.9. The summed E-state index contributed by atoms with van der Waals surface area (Å²) in [5, 5.41) is 9.25. The zero-order chi connectivity index (χ0) is 12.6. The maximum Gasteiger partial charge on any atom is 0.372 e. The third kappa shape index (κ3) is 1.75. The lowest BCUT2D eigenvalue weighted by atomic mass is 10.1. The van der Waals surface area contributed by atoms with Gasteiger partial charge in [0.15, 0.2) is 5.43 Å². The second-order valence-electron chi connectivity index (χ2n) is 3.55. The Labute approximate surface area is 96.2 Å². The zero-order valence-corrected chi connectivity index (χ0v) is 9.31. The van der Waals surface area contributed by atoms with Crippen LogP contribution in [0.3, 0.4) is 0 Å². The molecule has 0 aliphatic carbocycles. The van der Waals surface area contributed by atoms with Gasteiger partial charge in [0.05, 0.1) is 12.5 Å². The average Bonchev–Trinajstić information content (AvgIpc) is 2.32. The minimum Gasteiger partial charge on any atom is -0.497 e. The highest BCUT2D eigenvalue weighted by Gasteiger charge is 2.16. The van der Waals surface area contributed by atoms with Crippen LogP contribution >= 0.6 is 0 Å². The molecule has 0 radical (unpaired) electrons. The Morgan fingerprint density at radius 1 is 1.41 bits per heavy atom. The molecule has 5 nitrogen and oxygen atoms in total. The fraction of sp³-hybridized carbons (Fsp3) is 0.167. The zero-order valence-electron chi connectivity index (χ0n) is 9.31. The smallest absolute Gasteiger partial charge is 0.372 e. The van der Waals surface area contributed by atoms with Gasteiger partial charge in [-0.2, -0.15) is 0 Å². The van der Waals surface area contributed by atoms with Gasteiger partial charge in [0, 0.05) is 11.6 Å². The molecule has 1 aromatic carbocycles. The molecule has 5 heteroatoms. The first-order valence-electron chi connectivity index (χ1n) is 4.89. The predicted octanol–water partition coefficient (Wildman–Crippen LogP) is 1.81. The molecule has 0 aliphatic heterocycles. The van der Waals surface area contributed by atoms with Crippen LogP contribution in [0.25, 0.3) is 11.0 Å². The third-order valence-corrected chi connectivity index (χ3v) is 2.52. The summed E-state index contributed by atoms with van der Waals surface area (Å²) in [6.07, 6.45) is 0. The van der Waals surface area contributed by atoms with Crippen molar-refractivity contribution in [2.45, 2.75) is 6.92 Å². The van der Waals surface area contributed by atoms with Crippen molar-refractivity contribution < 1.29 is 19.1 Å². The minimum absolute atomic E-state index is 0.0927. The molecular weight excluding hydrogens is 224 g/mol. The quantitative estimate of drug-likeness (QED) is 0.857. The molecule has 17 heavy (non-hydrogen) atoms. The first-order valence-corrected chi connectivity index (χ1v) is 4.89. The molecule has 1 heterocycles. The lowest BCUT2D eigenvalue weighted by Gasteiger charge is -2.04. The Bertz CT molecular complexity index is 654. The molecule has 0 saturated carbocycles. The fourth-order valence-corrected chi connectivity index (χ4v) is 1.60. The van der Waals surface area contributed by atoms with E-state index in [-0.39, 0.29) is 22.3 Å². The van der Waals surface area contributed by atoms with Crippen LogP contribution in [0.1, 0.15) is 16.1 Å². The molecule has 88 valence electrons. The molecule has 0 saturated heterocycles. The number of methoxy groups -OCH3 is 1. The van der Waals surface area contributed by atoms with Crippen molar-refractivity contribution >= 4 is 16.9 Å². The van der Waals surface area contributed by atoms with E-state index >= 15 is 0 Å². The van der Waals surface area contributed by atoms with Gasteiger partial charge >= 0.3 is 5.97 Å². The molecule has 0 aliphatic rings. The number of carboxylic acid groups (broad SMARTS) is 1. The summed E-state index contributed by atoms with van der Waals surface area (Å²) in [6, 6.07) is 4.67. The van der Waals surface area contributed by atoms with Crippen LogP contribution in [0.5, 0.6) is 5.75 Å². The number of fused-ring (bicyclic) bond motifs is 1. The predicted molar refractivity (Wildman–Crippen MR) is 60.7 cm³/mol. The monoisotopic (exact) mass is 234 g/mol. The van der Waals surface area contributed by atoms with E-state index in [4.69, 9.17) is 14.3 Å². The van der Waals surface area contributed by atoms with Crippen molar-refractivity contribution in [1.82, 2.24) is 0 Å². The van der Waals surface area contributed by atoms with Crippen LogP contribution in [-0.2, 0) is 0 Å². The van der Waals surface area contributed by atoms with Crippen LogP contribution in [0, 0.1) is 6.92 Å². The first kappa shape index (κ1) is 11.2. The van der Waals surface area contributed by atoms with Crippen LogP contribution in [0.15, 0.2) is 27.4 Å². The molecule has 1 aromatic heterocycles. The number of carboxylic acids is 1. The lowest BCUT2D eigenvalue weighted by Crippen LogP contribution is -2.12. The Kier molecular flexibility index (Phi) is 2.59. The third-order valence-electron chi connectivity index (χ3n) is 2.52. The molecule has 2 aromatic rings. The SMILES string of the molecule is COc1ccc2c(=O)c(C)c(C(=O)O)oc2c1. The maximum atomic E-state index is 11.9.